The molecule has 124 valence electrons. The van der Waals surface area contributed by atoms with Crippen molar-refractivity contribution in [3.8, 4) is 10.4 Å². The molecule has 0 saturated carbocycles. The third kappa shape index (κ3) is 2.58. The van der Waals surface area contributed by atoms with Gasteiger partial charge in [0.1, 0.15) is 16.0 Å². The SMILES string of the molecule is CC1(F)Cc2c(-c3ccc(F)c(F)c3)sc(S(C)(=O)=O)c2[C@@H]1O. The summed E-state index contributed by atoms with van der Waals surface area (Å²) in [6.07, 6.45) is -0.795. The fraction of sp³-hybridized carbons (Fsp3) is 0.333. The van der Waals surface area contributed by atoms with Crippen LogP contribution in [0.2, 0.25) is 0 Å². The van der Waals surface area contributed by atoms with Gasteiger partial charge in [-0.2, -0.15) is 0 Å². The number of aliphatic hydroxyl groups excluding tert-OH is 1. The van der Waals surface area contributed by atoms with E-state index in [0.717, 1.165) is 29.7 Å². The number of thiophene rings is 1. The minimum atomic E-state index is -3.69. The van der Waals surface area contributed by atoms with Gasteiger partial charge < -0.3 is 5.11 Å². The quantitative estimate of drug-likeness (QED) is 0.891. The van der Waals surface area contributed by atoms with Crippen LogP contribution in [0.3, 0.4) is 0 Å². The second kappa shape index (κ2) is 5.06. The molecule has 1 aromatic carbocycles. The van der Waals surface area contributed by atoms with Gasteiger partial charge in [0.15, 0.2) is 21.5 Å². The highest BCUT2D eigenvalue weighted by molar-refractivity contribution is 7.92. The maximum absolute atomic E-state index is 14.5. The minimum absolute atomic E-state index is 0.0298. The van der Waals surface area contributed by atoms with Crippen LogP contribution < -0.4 is 0 Å². The van der Waals surface area contributed by atoms with Gasteiger partial charge in [0.2, 0.25) is 0 Å². The first-order chi connectivity index (χ1) is 10.5. The lowest BCUT2D eigenvalue weighted by Gasteiger charge is -2.18. The van der Waals surface area contributed by atoms with Gasteiger partial charge in [-0.05, 0) is 30.2 Å². The molecule has 0 saturated heterocycles. The average Bonchev–Trinajstić information content (AvgIpc) is 2.89. The highest BCUT2D eigenvalue weighted by Crippen LogP contribution is 2.52. The first kappa shape index (κ1) is 16.5. The summed E-state index contributed by atoms with van der Waals surface area (Å²) in [6, 6.07) is 3.17. The fourth-order valence-corrected chi connectivity index (χ4v) is 5.37. The van der Waals surface area contributed by atoms with Gasteiger partial charge >= 0.3 is 0 Å². The fourth-order valence-electron chi connectivity index (χ4n) is 2.80. The summed E-state index contributed by atoms with van der Waals surface area (Å²) in [7, 11) is -3.69. The summed E-state index contributed by atoms with van der Waals surface area (Å²) in [5.74, 6) is -2.10. The molecule has 2 aromatic rings. The first-order valence-corrected chi connectivity index (χ1v) is 9.41. The lowest BCUT2D eigenvalue weighted by Crippen LogP contribution is -2.24. The van der Waals surface area contributed by atoms with Gasteiger partial charge in [0.25, 0.3) is 0 Å². The van der Waals surface area contributed by atoms with Gasteiger partial charge in [0, 0.05) is 23.1 Å². The van der Waals surface area contributed by atoms with Crippen molar-refractivity contribution in [1.82, 2.24) is 0 Å². The summed E-state index contributed by atoms with van der Waals surface area (Å²) in [5, 5.41) is 10.1. The van der Waals surface area contributed by atoms with E-state index in [1.807, 2.05) is 0 Å². The molecule has 1 heterocycles. The summed E-state index contributed by atoms with van der Waals surface area (Å²) in [4.78, 5) is 0.333. The molecule has 1 aromatic heterocycles. The molecule has 2 atom stereocenters. The number of halogens is 3. The second-order valence-corrected chi connectivity index (χ2v) is 9.10. The minimum Gasteiger partial charge on any atom is -0.385 e. The van der Waals surface area contributed by atoms with Crippen LogP contribution in [-0.2, 0) is 16.3 Å². The van der Waals surface area contributed by atoms with Gasteiger partial charge in [-0.1, -0.05) is 6.07 Å². The Kier molecular flexibility index (Phi) is 3.62. The summed E-state index contributed by atoms with van der Waals surface area (Å²) in [6.45, 7) is 1.18. The van der Waals surface area contributed by atoms with Crippen LogP contribution in [0.15, 0.2) is 22.4 Å². The van der Waals surface area contributed by atoms with E-state index in [1.54, 1.807) is 0 Å². The number of hydrogen-bond acceptors (Lipinski definition) is 4. The number of alkyl halides is 1. The Morgan fingerprint density at radius 3 is 2.52 bits per heavy atom. The zero-order chi connectivity index (χ0) is 17.2. The van der Waals surface area contributed by atoms with Crippen LogP contribution in [0.1, 0.15) is 24.2 Å². The lowest BCUT2D eigenvalue weighted by atomic mass is 10.0. The molecule has 23 heavy (non-hydrogen) atoms. The molecule has 0 spiro atoms. The molecule has 3 nitrogen and oxygen atoms in total. The maximum Gasteiger partial charge on any atom is 0.185 e. The van der Waals surface area contributed by atoms with Crippen molar-refractivity contribution < 1.29 is 26.7 Å². The molecule has 0 amide bonds. The van der Waals surface area contributed by atoms with Gasteiger partial charge in [-0.25, -0.2) is 21.6 Å². The molecule has 0 aliphatic heterocycles. The highest BCUT2D eigenvalue weighted by atomic mass is 32.2. The van der Waals surface area contributed by atoms with Crippen molar-refractivity contribution in [3.05, 3.63) is 41.0 Å². The number of aliphatic hydroxyl groups is 1. The Labute approximate surface area is 135 Å². The molecule has 3 rings (SSSR count). The highest BCUT2D eigenvalue weighted by Gasteiger charge is 2.47. The number of fused-ring (bicyclic) bond motifs is 1. The molecule has 1 aliphatic rings. The van der Waals surface area contributed by atoms with Crippen molar-refractivity contribution in [2.45, 2.75) is 29.3 Å². The van der Waals surface area contributed by atoms with Gasteiger partial charge in [-0.15, -0.1) is 11.3 Å². The van der Waals surface area contributed by atoms with Crippen LogP contribution >= 0.6 is 11.3 Å². The van der Waals surface area contributed by atoms with Crippen LogP contribution in [0.25, 0.3) is 10.4 Å². The number of rotatable bonds is 2. The van der Waals surface area contributed by atoms with Crippen LogP contribution in [0.5, 0.6) is 0 Å². The summed E-state index contributed by atoms with van der Waals surface area (Å²) < 4.78 is 64.8. The Bertz CT molecular complexity index is 901. The van der Waals surface area contributed by atoms with Crippen molar-refractivity contribution in [3.63, 3.8) is 0 Å². The molecular weight excluding hydrogens is 349 g/mol. The van der Waals surface area contributed by atoms with E-state index in [2.05, 4.69) is 0 Å². The molecule has 0 fully saturated rings. The van der Waals surface area contributed by atoms with Gasteiger partial charge in [0.05, 0.1) is 0 Å². The molecule has 8 heteroatoms. The van der Waals surface area contributed by atoms with E-state index in [-0.39, 0.29) is 21.8 Å². The predicted molar refractivity (Wildman–Crippen MR) is 81.0 cm³/mol. The van der Waals surface area contributed by atoms with Crippen molar-refractivity contribution in [2.75, 3.05) is 6.26 Å². The summed E-state index contributed by atoms with van der Waals surface area (Å²) in [5.41, 5.74) is -1.39. The third-order valence-corrected chi connectivity index (χ3v) is 7.04. The normalized spacial score (nSPS) is 24.0. The predicted octanol–water partition coefficient (Wildman–Crippen LogP) is 3.41. The molecule has 0 bridgehead atoms. The first-order valence-electron chi connectivity index (χ1n) is 6.70. The molecule has 1 N–H and O–H groups in total. The average molecular weight is 362 g/mol. The lowest BCUT2D eigenvalue weighted by molar-refractivity contribution is 0.0168. The van der Waals surface area contributed by atoms with Crippen LogP contribution in [0, 0.1) is 11.6 Å². The molecule has 1 unspecified atom stereocenters. The van der Waals surface area contributed by atoms with E-state index >= 15 is 0 Å². The third-order valence-electron chi connectivity index (χ3n) is 3.90. The number of hydrogen-bond donors (Lipinski definition) is 1. The Hall–Kier alpha value is -1.38. The Morgan fingerprint density at radius 2 is 1.96 bits per heavy atom. The second-order valence-electron chi connectivity index (χ2n) is 5.87. The Balaban J connectivity index is 2.29. The van der Waals surface area contributed by atoms with E-state index in [1.165, 1.54) is 13.0 Å². The number of sulfone groups is 1. The van der Waals surface area contributed by atoms with Gasteiger partial charge in [-0.3, -0.25) is 0 Å². The van der Waals surface area contributed by atoms with E-state index in [4.69, 9.17) is 0 Å². The molecule has 1 aliphatic carbocycles. The molecular formula is C15H13F3O3S2. The topological polar surface area (TPSA) is 54.4 Å². The van der Waals surface area contributed by atoms with Crippen LogP contribution in [-0.4, -0.2) is 25.4 Å². The molecule has 0 radical (unpaired) electrons. The van der Waals surface area contributed by atoms with E-state index in [0.29, 0.717) is 10.4 Å². The van der Waals surface area contributed by atoms with Crippen molar-refractivity contribution in [1.29, 1.82) is 0 Å². The maximum atomic E-state index is 14.5. The van der Waals surface area contributed by atoms with E-state index < -0.39 is 33.2 Å². The van der Waals surface area contributed by atoms with Crippen molar-refractivity contribution in [2.24, 2.45) is 0 Å². The zero-order valence-electron chi connectivity index (χ0n) is 12.2. The smallest absolute Gasteiger partial charge is 0.185 e. The van der Waals surface area contributed by atoms with Crippen molar-refractivity contribution >= 4 is 21.2 Å². The summed E-state index contributed by atoms with van der Waals surface area (Å²) >= 11 is 0.837. The number of benzene rings is 1. The van der Waals surface area contributed by atoms with Crippen LogP contribution in [0.4, 0.5) is 13.2 Å². The van der Waals surface area contributed by atoms with E-state index in [9.17, 15) is 26.7 Å². The zero-order valence-corrected chi connectivity index (χ0v) is 13.9. The largest absolute Gasteiger partial charge is 0.385 e. The Morgan fingerprint density at radius 1 is 1.30 bits per heavy atom. The monoisotopic (exact) mass is 362 g/mol. The standard InChI is InChI=1S/C15H13F3O3S2/c1-15(18)6-8-11(13(15)19)14(23(2,20)21)22-12(8)7-3-4-9(16)10(17)5-7/h3-5,13,19H,6H2,1-2H3/t13-,15?/m0/s1.